The topological polar surface area (TPSA) is 57.3 Å². The van der Waals surface area contributed by atoms with Gasteiger partial charge in [0, 0.05) is 31.0 Å². The summed E-state index contributed by atoms with van der Waals surface area (Å²) in [5, 5.41) is 5.23. The number of nitrogens with zero attached hydrogens (tertiary/aromatic N) is 2. The Kier molecular flexibility index (Phi) is 6.09. The Morgan fingerprint density at radius 2 is 1.47 bits per heavy atom. The van der Waals surface area contributed by atoms with Crippen molar-refractivity contribution in [3.05, 3.63) is 53.7 Å². The Morgan fingerprint density at radius 3 is 1.97 bits per heavy atom. The van der Waals surface area contributed by atoms with Crippen LogP contribution in [0.2, 0.25) is 0 Å². The van der Waals surface area contributed by atoms with Crippen molar-refractivity contribution in [2.45, 2.75) is 31.2 Å². The summed E-state index contributed by atoms with van der Waals surface area (Å²) < 4.78 is 75.5. The zero-order chi connectivity index (χ0) is 21.9. The number of amides is 2. The molecule has 0 radical (unpaired) electrons. The van der Waals surface area contributed by atoms with E-state index in [4.69, 9.17) is 0 Å². The molecule has 1 aromatic carbocycles. The highest BCUT2D eigenvalue weighted by Gasteiger charge is 2.31. The highest BCUT2D eigenvalue weighted by atomic mass is 19.4. The Bertz CT molecular complexity index is 857. The summed E-state index contributed by atoms with van der Waals surface area (Å²) in [5.74, 6) is 0.427. The molecule has 1 aliphatic rings. The number of aromatic nitrogens is 1. The van der Waals surface area contributed by atoms with Crippen molar-refractivity contribution < 1.29 is 31.1 Å². The average molecular weight is 432 g/mol. The van der Waals surface area contributed by atoms with Crippen LogP contribution in [0.3, 0.4) is 0 Å². The number of piperidine rings is 1. The van der Waals surface area contributed by atoms with Crippen molar-refractivity contribution in [3.63, 3.8) is 0 Å². The van der Waals surface area contributed by atoms with Crippen LogP contribution in [0.25, 0.3) is 0 Å². The fourth-order valence-electron chi connectivity index (χ4n) is 3.09. The van der Waals surface area contributed by atoms with Crippen LogP contribution in [0.1, 0.15) is 24.0 Å². The smallest absolute Gasteiger partial charge is 0.356 e. The number of carbonyl (C=O) groups is 1. The lowest BCUT2D eigenvalue weighted by Crippen LogP contribution is -2.46. The first-order valence-corrected chi connectivity index (χ1v) is 9.05. The molecule has 0 bridgehead atoms. The van der Waals surface area contributed by atoms with E-state index in [-0.39, 0.29) is 11.7 Å². The molecule has 0 unspecified atom stereocenters. The molecule has 1 fully saturated rings. The van der Waals surface area contributed by atoms with Gasteiger partial charge in [0.1, 0.15) is 5.82 Å². The highest BCUT2D eigenvalue weighted by molar-refractivity contribution is 5.89. The maximum absolute atomic E-state index is 12.6. The summed E-state index contributed by atoms with van der Waals surface area (Å²) in [6.45, 7) is 0.979. The summed E-state index contributed by atoms with van der Waals surface area (Å²) in [6, 6.07) is 5.67. The molecule has 5 nitrogen and oxygen atoms in total. The number of anilines is 2. The van der Waals surface area contributed by atoms with E-state index in [2.05, 4.69) is 15.6 Å². The Morgan fingerprint density at radius 1 is 0.900 bits per heavy atom. The largest absolute Gasteiger partial charge is 0.417 e. The number of alkyl halides is 6. The van der Waals surface area contributed by atoms with Crippen LogP contribution in [-0.4, -0.2) is 30.1 Å². The Balaban J connectivity index is 1.48. The number of rotatable bonds is 3. The summed E-state index contributed by atoms with van der Waals surface area (Å²) in [5.41, 5.74) is -1.40. The van der Waals surface area contributed by atoms with E-state index in [0.717, 1.165) is 24.4 Å². The van der Waals surface area contributed by atoms with E-state index >= 15 is 0 Å². The fraction of sp³-hybridized carbons (Fsp3) is 0.368. The van der Waals surface area contributed by atoms with Gasteiger partial charge < -0.3 is 15.5 Å². The number of benzene rings is 1. The van der Waals surface area contributed by atoms with Crippen LogP contribution in [0.15, 0.2) is 42.6 Å². The molecule has 0 aliphatic carbocycles. The maximum Gasteiger partial charge on any atom is 0.417 e. The zero-order valence-electron chi connectivity index (χ0n) is 15.5. The summed E-state index contributed by atoms with van der Waals surface area (Å²) >= 11 is 0. The van der Waals surface area contributed by atoms with E-state index in [0.29, 0.717) is 31.7 Å². The van der Waals surface area contributed by atoms with Crippen LogP contribution in [0, 0.1) is 0 Å². The number of nitrogens with one attached hydrogen (secondary N) is 2. The first-order valence-electron chi connectivity index (χ1n) is 9.05. The standard InChI is InChI=1S/C19H18F6N4O/c20-18(21,22)12-1-4-14(5-2-12)27-17(30)28-15-7-9-29(10-8-15)16-6-3-13(11-26-16)19(23,24)25/h1-6,11,15H,7-10H2,(H2,27,28,30). The zero-order valence-corrected chi connectivity index (χ0v) is 15.5. The second-order valence-corrected chi connectivity index (χ2v) is 6.84. The SMILES string of the molecule is O=C(Nc1ccc(C(F)(F)F)cc1)NC1CCN(c2ccc(C(F)(F)F)cn2)CC1. The quantitative estimate of drug-likeness (QED) is 0.678. The molecule has 0 saturated carbocycles. The summed E-state index contributed by atoms with van der Waals surface area (Å²) in [7, 11) is 0. The summed E-state index contributed by atoms with van der Waals surface area (Å²) in [6.07, 6.45) is -7.01. The van der Waals surface area contributed by atoms with E-state index in [1.54, 1.807) is 0 Å². The number of urea groups is 1. The van der Waals surface area contributed by atoms with Gasteiger partial charge in [-0.25, -0.2) is 9.78 Å². The van der Waals surface area contributed by atoms with Crippen molar-refractivity contribution in [1.82, 2.24) is 10.3 Å². The molecule has 3 rings (SSSR count). The van der Waals surface area contributed by atoms with Crippen LogP contribution in [-0.2, 0) is 12.4 Å². The molecule has 0 spiro atoms. The first-order chi connectivity index (χ1) is 14.0. The number of carbonyl (C=O) groups excluding carboxylic acids is 1. The monoisotopic (exact) mass is 432 g/mol. The molecule has 30 heavy (non-hydrogen) atoms. The van der Waals surface area contributed by atoms with Gasteiger partial charge in [-0.1, -0.05) is 0 Å². The van der Waals surface area contributed by atoms with Gasteiger partial charge in [0.25, 0.3) is 0 Å². The molecule has 1 aromatic heterocycles. The molecule has 2 heterocycles. The lowest BCUT2D eigenvalue weighted by atomic mass is 10.1. The molecular weight excluding hydrogens is 414 g/mol. The van der Waals surface area contributed by atoms with Crippen LogP contribution in [0.5, 0.6) is 0 Å². The third-order valence-electron chi connectivity index (χ3n) is 4.70. The number of hydrogen-bond donors (Lipinski definition) is 2. The van der Waals surface area contributed by atoms with Crippen molar-refractivity contribution in [1.29, 1.82) is 0 Å². The lowest BCUT2D eigenvalue weighted by Gasteiger charge is -2.33. The third-order valence-corrected chi connectivity index (χ3v) is 4.70. The van der Waals surface area contributed by atoms with Crippen LogP contribution in [0.4, 0.5) is 42.6 Å². The third kappa shape index (κ3) is 5.55. The van der Waals surface area contributed by atoms with Gasteiger partial charge in [-0.15, -0.1) is 0 Å². The first kappa shape index (κ1) is 21.7. The minimum Gasteiger partial charge on any atom is -0.356 e. The number of pyridine rings is 1. The van der Waals surface area contributed by atoms with Crippen LogP contribution >= 0.6 is 0 Å². The molecule has 2 N–H and O–H groups in total. The van der Waals surface area contributed by atoms with Crippen molar-refractivity contribution >= 4 is 17.5 Å². The highest BCUT2D eigenvalue weighted by Crippen LogP contribution is 2.30. The normalized spacial score (nSPS) is 15.7. The molecule has 0 atom stereocenters. The maximum atomic E-state index is 12.6. The van der Waals surface area contributed by atoms with Gasteiger partial charge in [0.15, 0.2) is 0 Å². The Hall–Kier alpha value is -2.98. The minimum atomic E-state index is -4.45. The second kappa shape index (κ2) is 8.41. The molecule has 162 valence electrons. The van der Waals surface area contributed by atoms with Crippen LogP contribution < -0.4 is 15.5 Å². The van der Waals surface area contributed by atoms with Gasteiger partial charge in [-0.3, -0.25) is 0 Å². The van der Waals surface area contributed by atoms with E-state index < -0.39 is 29.5 Å². The van der Waals surface area contributed by atoms with Gasteiger partial charge >= 0.3 is 18.4 Å². The van der Waals surface area contributed by atoms with E-state index in [1.807, 2.05) is 4.90 Å². The molecule has 2 amide bonds. The molecule has 1 saturated heterocycles. The molecule has 11 heteroatoms. The predicted molar refractivity (Wildman–Crippen MR) is 98.1 cm³/mol. The number of halogens is 6. The van der Waals surface area contributed by atoms with Crippen molar-refractivity contribution in [2.24, 2.45) is 0 Å². The molecular formula is C19H18F6N4O. The average Bonchev–Trinajstić information content (AvgIpc) is 2.68. The second-order valence-electron chi connectivity index (χ2n) is 6.84. The molecule has 2 aromatic rings. The lowest BCUT2D eigenvalue weighted by molar-refractivity contribution is -0.138. The summed E-state index contributed by atoms with van der Waals surface area (Å²) in [4.78, 5) is 17.8. The fourth-order valence-corrected chi connectivity index (χ4v) is 3.09. The number of hydrogen-bond acceptors (Lipinski definition) is 3. The van der Waals surface area contributed by atoms with Crippen molar-refractivity contribution in [3.8, 4) is 0 Å². The Labute approximate surface area is 168 Å². The van der Waals surface area contributed by atoms with Gasteiger partial charge in [0.2, 0.25) is 0 Å². The van der Waals surface area contributed by atoms with E-state index in [9.17, 15) is 31.1 Å². The van der Waals surface area contributed by atoms with Gasteiger partial charge in [-0.2, -0.15) is 26.3 Å². The molecule has 1 aliphatic heterocycles. The van der Waals surface area contributed by atoms with Crippen molar-refractivity contribution in [2.75, 3.05) is 23.3 Å². The van der Waals surface area contributed by atoms with Gasteiger partial charge in [0.05, 0.1) is 11.1 Å². The van der Waals surface area contributed by atoms with E-state index in [1.165, 1.54) is 18.2 Å². The van der Waals surface area contributed by atoms with Gasteiger partial charge in [-0.05, 0) is 49.2 Å². The predicted octanol–water partition coefficient (Wildman–Crippen LogP) is 4.91. The minimum absolute atomic E-state index is 0.176.